The lowest BCUT2D eigenvalue weighted by Gasteiger charge is -2.22. The second-order valence-corrected chi connectivity index (χ2v) is 4.73. The summed E-state index contributed by atoms with van der Waals surface area (Å²) in [4.78, 5) is 0. The Morgan fingerprint density at radius 2 is 1.71 bits per heavy atom. The lowest BCUT2D eigenvalue weighted by atomic mass is 9.95. The SMILES string of the molecule is CC(C)[C@H](O)[C@H](N)c1ccc(Br)cc1. The maximum Gasteiger partial charge on any atom is 0.0755 e. The molecular weight excluding hydrogens is 242 g/mol. The highest BCUT2D eigenvalue weighted by Crippen LogP contribution is 2.21. The molecule has 0 radical (unpaired) electrons. The van der Waals surface area contributed by atoms with E-state index in [4.69, 9.17) is 5.73 Å². The smallest absolute Gasteiger partial charge is 0.0755 e. The molecule has 2 atom stereocenters. The van der Waals surface area contributed by atoms with Crippen molar-refractivity contribution in [2.24, 2.45) is 11.7 Å². The summed E-state index contributed by atoms with van der Waals surface area (Å²) in [6.07, 6.45) is -0.490. The third-order valence-electron chi connectivity index (χ3n) is 2.31. The Labute approximate surface area is 93.3 Å². The minimum absolute atomic E-state index is 0.175. The largest absolute Gasteiger partial charge is 0.391 e. The molecule has 1 rings (SSSR count). The van der Waals surface area contributed by atoms with Gasteiger partial charge in [-0.1, -0.05) is 41.9 Å². The molecule has 0 heterocycles. The molecule has 0 aliphatic carbocycles. The molecular formula is C11H16BrNO. The Balaban J connectivity index is 2.78. The number of aliphatic hydroxyl groups excluding tert-OH is 1. The average molecular weight is 258 g/mol. The van der Waals surface area contributed by atoms with Crippen molar-refractivity contribution in [2.75, 3.05) is 0 Å². The molecule has 1 aromatic carbocycles. The van der Waals surface area contributed by atoms with Gasteiger partial charge in [-0.3, -0.25) is 0 Å². The van der Waals surface area contributed by atoms with Gasteiger partial charge >= 0.3 is 0 Å². The first-order chi connectivity index (χ1) is 6.52. The zero-order chi connectivity index (χ0) is 10.7. The standard InChI is InChI=1S/C11H16BrNO/c1-7(2)11(14)10(13)8-3-5-9(12)6-4-8/h3-7,10-11,14H,13H2,1-2H3/t10-,11+/m1/s1. The summed E-state index contributed by atoms with van der Waals surface area (Å²) >= 11 is 3.36. The van der Waals surface area contributed by atoms with E-state index >= 15 is 0 Å². The maximum absolute atomic E-state index is 9.78. The Morgan fingerprint density at radius 1 is 1.21 bits per heavy atom. The fourth-order valence-electron chi connectivity index (χ4n) is 1.30. The van der Waals surface area contributed by atoms with Crippen LogP contribution in [0.4, 0.5) is 0 Å². The fourth-order valence-corrected chi connectivity index (χ4v) is 1.56. The van der Waals surface area contributed by atoms with Crippen molar-refractivity contribution in [2.45, 2.75) is 26.0 Å². The molecule has 0 bridgehead atoms. The molecule has 78 valence electrons. The van der Waals surface area contributed by atoms with Gasteiger partial charge in [-0.15, -0.1) is 0 Å². The third kappa shape index (κ3) is 2.80. The first kappa shape index (κ1) is 11.7. The number of rotatable bonds is 3. The summed E-state index contributed by atoms with van der Waals surface area (Å²) in [5.74, 6) is 0.175. The molecule has 1 aromatic rings. The summed E-state index contributed by atoms with van der Waals surface area (Å²) in [5, 5.41) is 9.78. The number of benzene rings is 1. The van der Waals surface area contributed by atoms with Crippen molar-refractivity contribution in [3.05, 3.63) is 34.3 Å². The van der Waals surface area contributed by atoms with E-state index in [2.05, 4.69) is 15.9 Å². The van der Waals surface area contributed by atoms with Crippen LogP contribution in [0.5, 0.6) is 0 Å². The molecule has 0 unspecified atom stereocenters. The molecule has 0 aliphatic rings. The van der Waals surface area contributed by atoms with E-state index in [1.165, 1.54) is 0 Å². The quantitative estimate of drug-likeness (QED) is 0.874. The van der Waals surface area contributed by atoms with Crippen molar-refractivity contribution < 1.29 is 5.11 Å². The molecule has 0 amide bonds. The summed E-state index contributed by atoms with van der Waals surface area (Å²) in [6.45, 7) is 3.92. The van der Waals surface area contributed by atoms with Gasteiger partial charge in [0.25, 0.3) is 0 Å². The normalized spacial score (nSPS) is 15.6. The lowest BCUT2D eigenvalue weighted by molar-refractivity contribution is 0.0979. The van der Waals surface area contributed by atoms with Crippen LogP contribution in [-0.2, 0) is 0 Å². The molecule has 0 aromatic heterocycles. The zero-order valence-corrected chi connectivity index (χ0v) is 10.0. The van der Waals surface area contributed by atoms with Gasteiger partial charge in [-0.05, 0) is 23.6 Å². The first-order valence-electron chi connectivity index (χ1n) is 4.71. The van der Waals surface area contributed by atoms with Crippen molar-refractivity contribution in [1.29, 1.82) is 0 Å². The minimum atomic E-state index is -0.490. The van der Waals surface area contributed by atoms with E-state index < -0.39 is 6.10 Å². The van der Waals surface area contributed by atoms with Crippen LogP contribution >= 0.6 is 15.9 Å². The second-order valence-electron chi connectivity index (χ2n) is 3.81. The monoisotopic (exact) mass is 257 g/mol. The maximum atomic E-state index is 9.78. The van der Waals surface area contributed by atoms with Crippen LogP contribution in [-0.4, -0.2) is 11.2 Å². The molecule has 2 nitrogen and oxygen atoms in total. The van der Waals surface area contributed by atoms with E-state index in [-0.39, 0.29) is 12.0 Å². The summed E-state index contributed by atoms with van der Waals surface area (Å²) in [7, 11) is 0. The molecule has 0 saturated carbocycles. The predicted octanol–water partition coefficient (Wildman–Crippen LogP) is 2.47. The van der Waals surface area contributed by atoms with Crippen molar-refractivity contribution >= 4 is 15.9 Å². The van der Waals surface area contributed by atoms with Crippen LogP contribution in [0.15, 0.2) is 28.7 Å². The average Bonchev–Trinajstić information content (AvgIpc) is 2.16. The number of hydrogen-bond acceptors (Lipinski definition) is 2. The second kappa shape index (κ2) is 4.91. The van der Waals surface area contributed by atoms with E-state index in [1.54, 1.807) is 0 Å². The highest BCUT2D eigenvalue weighted by molar-refractivity contribution is 9.10. The Bertz CT molecular complexity index is 284. The fraction of sp³-hybridized carbons (Fsp3) is 0.455. The molecule has 0 fully saturated rings. The van der Waals surface area contributed by atoms with Crippen molar-refractivity contribution in [1.82, 2.24) is 0 Å². The highest BCUT2D eigenvalue weighted by atomic mass is 79.9. The summed E-state index contributed by atoms with van der Waals surface area (Å²) < 4.78 is 1.02. The Kier molecular flexibility index (Phi) is 4.11. The number of hydrogen-bond donors (Lipinski definition) is 2. The summed E-state index contributed by atoms with van der Waals surface area (Å²) in [6, 6.07) is 7.42. The van der Waals surface area contributed by atoms with Crippen LogP contribution in [0, 0.1) is 5.92 Å². The van der Waals surface area contributed by atoms with Crippen molar-refractivity contribution in [3.8, 4) is 0 Å². The predicted molar refractivity (Wildman–Crippen MR) is 61.9 cm³/mol. The van der Waals surface area contributed by atoms with Gasteiger partial charge in [0.2, 0.25) is 0 Å². The highest BCUT2D eigenvalue weighted by Gasteiger charge is 2.19. The molecule has 0 saturated heterocycles. The lowest BCUT2D eigenvalue weighted by Crippen LogP contribution is -2.30. The first-order valence-corrected chi connectivity index (χ1v) is 5.50. The van der Waals surface area contributed by atoms with Gasteiger partial charge in [0.15, 0.2) is 0 Å². The zero-order valence-electron chi connectivity index (χ0n) is 8.44. The molecule has 3 N–H and O–H groups in total. The van der Waals surface area contributed by atoms with Gasteiger partial charge < -0.3 is 10.8 Å². The van der Waals surface area contributed by atoms with Gasteiger partial charge in [-0.2, -0.15) is 0 Å². The van der Waals surface area contributed by atoms with Crippen LogP contribution in [0.2, 0.25) is 0 Å². The molecule has 0 aliphatic heterocycles. The summed E-state index contributed by atoms with van der Waals surface area (Å²) in [5.41, 5.74) is 6.89. The topological polar surface area (TPSA) is 46.2 Å². The van der Waals surface area contributed by atoms with Gasteiger partial charge in [0.1, 0.15) is 0 Å². The number of aliphatic hydroxyl groups is 1. The Morgan fingerprint density at radius 3 is 2.14 bits per heavy atom. The van der Waals surface area contributed by atoms with Crippen LogP contribution in [0.25, 0.3) is 0 Å². The van der Waals surface area contributed by atoms with Crippen LogP contribution < -0.4 is 5.73 Å². The Hall–Kier alpha value is -0.380. The van der Waals surface area contributed by atoms with Crippen molar-refractivity contribution in [3.63, 3.8) is 0 Å². The van der Waals surface area contributed by atoms with E-state index in [9.17, 15) is 5.11 Å². The number of halogens is 1. The van der Waals surface area contributed by atoms with Gasteiger partial charge in [0, 0.05) is 4.47 Å². The molecule has 3 heteroatoms. The van der Waals surface area contributed by atoms with Gasteiger partial charge in [0.05, 0.1) is 12.1 Å². The van der Waals surface area contributed by atoms with Crippen LogP contribution in [0.1, 0.15) is 25.5 Å². The van der Waals surface area contributed by atoms with Gasteiger partial charge in [-0.25, -0.2) is 0 Å². The van der Waals surface area contributed by atoms with E-state index in [0.29, 0.717) is 0 Å². The molecule has 14 heavy (non-hydrogen) atoms. The molecule has 0 spiro atoms. The third-order valence-corrected chi connectivity index (χ3v) is 2.83. The van der Waals surface area contributed by atoms with E-state index in [0.717, 1.165) is 10.0 Å². The number of nitrogens with two attached hydrogens (primary N) is 1. The minimum Gasteiger partial charge on any atom is -0.391 e. The van der Waals surface area contributed by atoms with Crippen LogP contribution in [0.3, 0.4) is 0 Å². The van der Waals surface area contributed by atoms with E-state index in [1.807, 2.05) is 38.1 Å².